The fourth-order valence-corrected chi connectivity index (χ4v) is 3.31. The molecule has 1 aliphatic carbocycles. The zero-order valence-electron chi connectivity index (χ0n) is 13.8. The van der Waals surface area contributed by atoms with E-state index >= 15 is 0 Å². The van der Waals surface area contributed by atoms with Gasteiger partial charge in [-0.1, -0.05) is 34.5 Å². The lowest BCUT2D eigenvalue weighted by molar-refractivity contribution is -0.140. The minimum absolute atomic E-state index is 0.146. The number of hydrogen-bond donors (Lipinski definition) is 0. The molecule has 0 aliphatic heterocycles. The van der Waals surface area contributed by atoms with Crippen LogP contribution >= 0.6 is 15.9 Å². The second-order valence-corrected chi connectivity index (χ2v) is 6.89. The van der Waals surface area contributed by atoms with E-state index in [0.717, 1.165) is 31.4 Å². The Morgan fingerprint density at radius 3 is 2.61 bits per heavy atom. The molecule has 4 heteroatoms. The molecule has 0 spiro atoms. The van der Waals surface area contributed by atoms with Gasteiger partial charge in [-0.15, -0.1) is 0 Å². The fourth-order valence-electron chi connectivity index (χ4n) is 2.72. The molecule has 0 fully saturated rings. The Morgan fingerprint density at radius 1 is 1.13 bits per heavy atom. The zero-order chi connectivity index (χ0) is 16.5. The monoisotopic (exact) mass is 380 g/mol. The number of halogens is 1. The summed E-state index contributed by atoms with van der Waals surface area (Å²) < 4.78 is 11.9. The highest BCUT2D eigenvalue weighted by molar-refractivity contribution is 9.11. The van der Waals surface area contributed by atoms with Gasteiger partial charge >= 0.3 is 5.97 Å². The molecule has 0 radical (unpaired) electrons. The van der Waals surface area contributed by atoms with Crippen molar-refractivity contribution in [3.63, 3.8) is 0 Å². The van der Waals surface area contributed by atoms with E-state index in [1.54, 1.807) is 0 Å². The van der Waals surface area contributed by atoms with Crippen LogP contribution in [0.25, 0.3) is 0 Å². The summed E-state index contributed by atoms with van der Waals surface area (Å²) in [5.41, 5.74) is 2.61. The van der Waals surface area contributed by atoms with Crippen molar-refractivity contribution in [3.8, 4) is 5.75 Å². The third-order valence-corrected chi connectivity index (χ3v) is 5.13. The molecule has 1 aromatic carbocycles. The highest BCUT2D eigenvalue weighted by atomic mass is 79.9. The Labute approximate surface area is 147 Å². The van der Waals surface area contributed by atoms with E-state index in [1.807, 2.05) is 12.1 Å². The fraction of sp³-hybridized carbons (Fsp3) is 0.526. The molecule has 1 aromatic rings. The Bertz CT molecular complexity index is 534. The number of aryl methyl sites for hydroxylation is 1. The highest BCUT2D eigenvalue weighted by Gasteiger charge is 2.10. The number of carbonyl (C=O) groups is 1. The summed E-state index contributed by atoms with van der Waals surface area (Å²) >= 11 is 3.70. The van der Waals surface area contributed by atoms with Crippen LogP contribution in [0.4, 0.5) is 0 Å². The van der Waals surface area contributed by atoms with Crippen LogP contribution in [0.2, 0.25) is 0 Å². The smallest absolute Gasteiger partial charge is 0.305 e. The highest BCUT2D eigenvalue weighted by Crippen LogP contribution is 2.28. The summed E-state index contributed by atoms with van der Waals surface area (Å²) in [4.78, 5) is 11.1. The molecule has 0 amide bonds. The van der Waals surface area contributed by atoms with Crippen LogP contribution in [0.3, 0.4) is 0 Å². The van der Waals surface area contributed by atoms with Crippen molar-refractivity contribution in [2.24, 2.45) is 0 Å². The van der Waals surface area contributed by atoms with Gasteiger partial charge in [0.25, 0.3) is 0 Å². The van der Waals surface area contributed by atoms with E-state index in [1.165, 1.54) is 42.0 Å². The second kappa shape index (κ2) is 9.76. The number of rotatable bonds is 7. The minimum Gasteiger partial charge on any atom is -0.489 e. The third-order valence-electron chi connectivity index (χ3n) is 4.17. The van der Waals surface area contributed by atoms with Crippen LogP contribution < -0.4 is 4.74 Å². The normalized spacial score (nSPS) is 15.2. The largest absolute Gasteiger partial charge is 0.489 e. The van der Waals surface area contributed by atoms with E-state index < -0.39 is 0 Å². The average Bonchev–Trinajstić information content (AvgIpc) is 2.78. The molecule has 0 unspecified atom stereocenters. The predicted molar refractivity (Wildman–Crippen MR) is 95.9 cm³/mol. The van der Waals surface area contributed by atoms with Crippen molar-refractivity contribution in [1.29, 1.82) is 0 Å². The summed E-state index contributed by atoms with van der Waals surface area (Å²) in [5.74, 6) is 0.756. The van der Waals surface area contributed by atoms with Crippen LogP contribution in [0.1, 0.15) is 50.5 Å². The van der Waals surface area contributed by atoms with Gasteiger partial charge < -0.3 is 9.47 Å². The predicted octanol–water partition coefficient (Wildman–Crippen LogP) is 5.17. The number of benzene rings is 1. The molecule has 3 nitrogen and oxygen atoms in total. The summed E-state index contributed by atoms with van der Waals surface area (Å²) in [6.45, 7) is 0.669. The molecule has 23 heavy (non-hydrogen) atoms. The van der Waals surface area contributed by atoms with Gasteiger partial charge in [-0.2, -0.15) is 0 Å². The van der Waals surface area contributed by atoms with Gasteiger partial charge in [0.1, 0.15) is 12.4 Å². The Kier molecular flexibility index (Phi) is 7.66. The number of allylic oxidation sites excluding steroid dienone is 1. The zero-order valence-corrected chi connectivity index (χ0v) is 15.4. The molecular formula is C19H25BrO3. The van der Waals surface area contributed by atoms with Gasteiger partial charge in [-0.05, 0) is 66.3 Å². The first-order chi connectivity index (χ1) is 11.2. The minimum atomic E-state index is -0.146. The molecule has 0 N–H and O–H groups in total. The van der Waals surface area contributed by atoms with Gasteiger partial charge in [0.05, 0.1) is 7.11 Å². The van der Waals surface area contributed by atoms with Crippen LogP contribution in [0.15, 0.2) is 34.3 Å². The number of methoxy groups -OCH3 is 1. The summed E-state index contributed by atoms with van der Waals surface area (Å²) in [6, 6.07) is 8.17. The lowest BCUT2D eigenvalue weighted by Crippen LogP contribution is -2.03. The van der Waals surface area contributed by atoms with Crippen molar-refractivity contribution in [2.75, 3.05) is 13.7 Å². The number of esters is 1. The molecule has 0 heterocycles. The molecule has 0 bridgehead atoms. The average molecular weight is 381 g/mol. The molecule has 0 aromatic heterocycles. The molecule has 2 rings (SSSR count). The van der Waals surface area contributed by atoms with Gasteiger partial charge in [-0.25, -0.2) is 0 Å². The summed E-state index contributed by atoms with van der Waals surface area (Å²) in [7, 11) is 1.43. The molecule has 126 valence electrons. The Balaban J connectivity index is 1.79. The first kappa shape index (κ1) is 18.1. The molecule has 1 aliphatic rings. The first-order valence-corrected chi connectivity index (χ1v) is 9.13. The summed E-state index contributed by atoms with van der Waals surface area (Å²) in [5, 5.41) is 0. The molecular weight excluding hydrogens is 356 g/mol. The number of carbonyl (C=O) groups excluding carboxylic acids is 1. The molecule has 0 atom stereocenters. The van der Waals surface area contributed by atoms with Crippen LogP contribution in [0, 0.1) is 0 Å². The van der Waals surface area contributed by atoms with Gasteiger partial charge in [0.15, 0.2) is 0 Å². The van der Waals surface area contributed by atoms with Crippen molar-refractivity contribution in [1.82, 2.24) is 0 Å². The van der Waals surface area contributed by atoms with Crippen molar-refractivity contribution < 1.29 is 14.3 Å². The quantitative estimate of drug-likeness (QED) is 0.611. The van der Waals surface area contributed by atoms with E-state index in [2.05, 4.69) is 32.8 Å². The van der Waals surface area contributed by atoms with Crippen LogP contribution in [0.5, 0.6) is 5.75 Å². The maximum atomic E-state index is 11.1. The van der Waals surface area contributed by atoms with Gasteiger partial charge in [0.2, 0.25) is 0 Å². The SMILES string of the molecule is COC(=O)CCCc1ccc(OCC2=C(Br)CCCCC2)cc1. The van der Waals surface area contributed by atoms with E-state index in [9.17, 15) is 4.79 Å². The van der Waals surface area contributed by atoms with Crippen molar-refractivity contribution in [3.05, 3.63) is 39.9 Å². The van der Waals surface area contributed by atoms with E-state index in [4.69, 9.17) is 4.74 Å². The topological polar surface area (TPSA) is 35.5 Å². The number of ether oxygens (including phenoxy) is 2. The van der Waals surface area contributed by atoms with Gasteiger partial charge in [-0.3, -0.25) is 4.79 Å². The molecule has 0 saturated heterocycles. The van der Waals surface area contributed by atoms with Crippen molar-refractivity contribution in [2.45, 2.75) is 51.4 Å². The van der Waals surface area contributed by atoms with Crippen LogP contribution in [-0.2, 0) is 16.0 Å². The maximum Gasteiger partial charge on any atom is 0.305 e. The first-order valence-electron chi connectivity index (χ1n) is 8.34. The Hall–Kier alpha value is -1.29. The standard InChI is InChI=1S/C19H25BrO3/c1-22-19(21)9-5-6-15-10-12-17(13-11-15)23-14-16-7-3-2-4-8-18(16)20/h10-13H,2-9,14H2,1H3. The Morgan fingerprint density at radius 2 is 1.87 bits per heavy atom. The van der Waals surface area contributed by atoms with Crippen molar-refractivity contribution >= 4 is 21.9 Å². The van der Waals surface area contributed by atoms with Crippen LogP contribution in [-0.4, -0.2) is 19.7 Å². The summed E-state index contributed by atoms with van der Waals surface area (Å²) in [6.07, 6.45) is 8.26. The lowest BCUT2D eigenvalue weighted by atomic mass is 10.1. The molecule has 0 saturated carbocycles. The third kappa shape index (κ3) is 6.38. The van der Waals surface area contributed by atoms with Gasteiger partial charge in [0, 0.05) is 6.42 Å². The van der Waals surface area contributed by atoms with E-state index in [0.29, 0.717) is 13.0 Å². The van der Waals surface area contributed by atoms with E-state index in [-0.39, 0.29) is 5.97 Å². The number of hydrogen-bond acceptors (Lipinski definition) is 3. The maximum absolute atomic E-state index is 11.1. The lowest BCUT2D eigenvalue weighted by Gasteiger charge is -2.11. The second-order valence-electron chi connectivity index (χ2n) is 5.93.